The molecule has 124 valence electrons. The standard InChI is InChI=1S/C14H28N2O4S/c1-4-5-8-15(2)14(17)13-7-6-9-16(12-13)21(18,19)11-10-20-3/h13H,4-12H2,1-3H3. The van der Waals surface area contributed by atoms with Crippen molar-refractivity contribution in [3.63, 3.8) is 0 Å². The average Bonchev–Trinajstić information content (AvgIpc) is 2.50. The Bertz CT molecular complexity index is 425. The largest absolute Gasteiger partial charge is 0.384 e. The summed E-state index contributed by atoms with van der Waals surface area (Å²) in [5.74, 6) is -0.163. The Labute approximate surface area is 128 Å². The summed E-state index contributed by atoms with van der Waals surface area (Å²) < 4.78 is 30.6. The van der Waals surface area contributed by atoms with E-state index in [4.69, 9.17) is 4.74 Å². The van der Waals surface area contributed by atoms with Gasteiger partial charge in [-0.25, -0.2) is 12.7 Å². The highest BCUT2D eigenvalue weighted by Crippen LogP contribution is 2.21. The van der Waals surface area contributed by atoms with Crippen LogP contribution in [0.3, 0.4) is 0 Å². The zero-order valence-corrected chi connectivity index (χ0v) is 14.2. The van der Waals surface area contributed by atoms with Gasteiger partial charge in [-0.2, -0.15) is 0 Å². The van der Waals surface area contributed by atoms with Crippen molar-refractivity contribution in [3.8, 4) is 0 Å². The van der Waals surface area contributed by atoms with E-state index in [2.05, 4.69) is 6.92 Å². The van der Waals surface area contributed by atoms with E-state index < -0.39 is 10.0 Å². The average molecular weight is 320 g/mol. The summed E-state index contributed by atoms with van der Waals surface area (Å²) in [6.45, 7) is 3.83. The van der Waals surface area contributed by atoms with Crippen LogP contribution in [0.1, 0.15) is 32.6 Å². The smallest absolute Gasteiger partial charge is 0.226 e. The van der Waals surface area contributed by atoms with Crippen LogP contribution in [0.2, 0.25) is 0 Å². The third-order valence-corrected chi connectivity index (χ3v) is 5.70. The summed E-state index contributed by atoms with van der Waals surface area (Å²) in [6, 6.07) is 0. The Kier molecular flexibility index (Phi) is 7.62. The Morgan fingerprint density at radius 2 is 2.14 bits per heavy atom. The monoisotopic (exact) mass is 320 g/mol. The highest BCUT2D eigenvalue weighted by molar-refractivity contribution is 7.89. The predicted molar refractivity (Wildman–Crippen MR) is 82.5 cm³/mol. The summed E-state index contributed by atoms with van der Waals surface area (Å²) in [7, 11) is -0.0282. The minimum atomic E-state index is -3.32. The van der Waals surface area contributed by atoms with Gasteiger partial charge in [-0.15, -0.1) is 0 Å². The maximum atomic E-state index is 12.4. The molecule has 21 heavy (non-hydrogen) atoms. The van der Waals surface area contributed by atoms with Gasteiger partial charge in [0.1, 0.15) is 0 Å². The Morgan fingerprint density at radius 3 is 2.76 bits per heavy atom. The molecule has 6 nitrogen and oxygen atoms in total. The number of hydrogen-bond donors (Lipinski definition) is 0. The second kappa shape index (κ2) is 8.70. The Hall–Kier alpha value is -0.660. The number of piperidine rings is 1. The van der Waals surface area contributed by atoms with Crippen LogP contribution in [-0.4, -0.2) is 69.7 Å². The summed E-state index contributed by atoms with van der Waals surface area (Å²) in [4.78, 5) is 14.1. The van der Waals surface area contributed by atoms with Crippen LogP contribution in [0.25, 0.3) is 0 Å². The van der Waals surface area contributed by atoms with E-state index >= 15 is 0 Å². The number of methoxy groups -OCH3 is 1. The summed E-state index contributed by atoms with van der Waals surface area (Å²) >= 11 is 0. The third-order valence-electron chi connectivity index (χ3n) is 3.90. The first-order chi connectivity index (χ1) is 9.92. The summed E-state index contributed by atoms with van der Waals surface area (Å²) in [6.07, 6.45) is 3.53. The van der Waals surface area contributed by atoms with E-state index in [1.807, 2.05) is 0 Å². The van der Waals surface area contributed by atoms with E-state index in [-0.39, 0.29) is 24.2 Å². The van der Waals surface area contributed by atoms with Gasteiger partial charge in [0, 0.05) is 33.8 Å². The number of nitrogens with zero attached hydrogens (tertiary/aromatic N) is 2. The number of amides is 1. The van der Waals surface area contributed by atoms with Crippen LogP contribution in [0.5, 0.6) is 0 Å². The van der Waals surface area contributed by atoms with Gasteiger partial charge in [-0.3, -0.25) is 4.79 Å². The van der Waals surface area contributed by atoms with Crippen LogP contribution in [-0.2, 0) is 19.6 Å². The van der Waals surface area contributed by atoms with E-state index in [0.717, 1.165) is 32.2 Å². The topological polar surface area (TPSA) is 66.9 Å². The van der Waals surface area contributed by atoms with Gasteiger partial charge in [0.2, 0.25) is 15.9 Å². The molecule has 1 amide bonds. The Morgan fingerprint density at radius 1 is 1.43 bits per heavy atom. The van der Waals surface area contributed by atoms with Crippen molar-refractivity contribution >= 4 is 15.9 Å². The minimum Gasteiger partial charge on any atom is -0.384 e. The fourth-order valence-electron chi connectivity index (χ4n) is 2.53. The van der Waals surface area contributed by atoms with E-state index in [1.165, 1.54) is 11.4 Å². The molecular weight excluding hydrogens is 292 g/mol. The molecular formula is C14H28N2O4S. The zero-order valence-electron chi connectivity index (χ0n) is 13.4. The molecule has 1 saturated heterocycles. The van der Waals surface area contributed by atoms with Gasteiger partial charge < -0.3 is 9.64 Å². The van der Waals surface area contributed by atoms with Crippen molar-refractivity contribution in [1.29, 1.82) is 0 Å². The third kappa shape index (κ3) is 5.56. The predicted octanol–water partition coefficient (Wildman–Crippen LogP) is 0.933. The number of ether oxygens (including phenoxy) is 1. The maximum absolute atomic E-state index is 12.4. The number of sulfonamides is 1. The molecule has 1 aliphatic rings. The van der Waals surface area contributed by atoms with Gasteiger partial charge in [0.15, 0.2) is 0 Å². The zero-order chi connectivity index (χ0) is 15.9. The van der Waals surface area contributed by atoms with Crippen molar-refractivity contribution in [2.45, 2.75) is 32.6 Å². The highest BCUT2D eigenvalue weighted by atomic mass is 32.2. The van der Waals surface area contributed by atoms with Gasteiger partial charge in [-0.05, 0) is 19.3 Å². The molecule has 1 rings (SSSR count). The minimum absolute atomic E-state index is 0.0178. The molecule has 1 heterocycles. The fourth-order valence-corrected chi connectivity index (χ4v) is 3.98. The van der Waals surface area contributed by atoms with E-state index in [0.29, 0.717) is 13.1 Å². The molecule has 1 fully saturated rings. The first-order valence-electron chi connectivity index (χ1n) is 7.64. The molecule has 0 bridgehead atoms. The fraction of sp³-hybridized carbons (Fsp3) is 0.929. The molecule has 0 aliphatic carbocycles. The van der Waals surface area contributed by atoms with Gasteiger partial charge in [0.05, 0.1) is 18.3 Å². The molecule has 0 aromatic heterocycles. The first-order valence-corrected chi connectivity index (χ1v) is 9.25. The lowest BCUT2D eigenvalue weighted by Gasteiger charge is -2.33. The van der Waals surface area contributed by atoms with Crippen molar-refractivity contribution in [1.82, 2.24) is 9.21 Å². The lowest BCUT2D eigenvalue weighted by molar-refractivity contribution is -0.135. The van der Waals surface area contributed by atoms with Gasteiger partial charge in [0.25, 0.3) is 0 Å². The lowest BCUT2D eigenvalue weighted by atomic mass is 9.98. The van der Waals surface area contributed by atoms with Gasteiger partial charge in [-0.1, -0.05) is 13.3 Å². The second-order valence-corrected chi connectivity index (χ2v) is 7.71. The summed E-state index contributed by atoms with van der Waals surface area (Å²) in [5, 5.41) is 0. The van der Waals surface area contributed by atoms with Crippen molar-refractivity contribution in [2.24, 2.45) is 5.92 Å². The SMILES string of the molecule is CCCCN(C)C(=O)C1CCCN(S(=O)(=O)CCOC)C1. The number of unbranched alkanes of at least 4 members (excludes halogenated alkanes) is 1. The molecule has 1 aliphatic heterocycles. The van der Waals surface area contributed by atoms with Crippen LogP contribution >= 0.6 is 0 Å². The number of carbonyl (C=O) groups is 1. The molecule has 0 aromatic carbocycles. The van der Waals surface area contributed by atoms with E-state index in [1.54, 1.807) is 11.9 Å². The Balaban J connectivity index is 2.61. The number of hydrogen-bond acceptors (Lipinski definition) is 4. The first kappa shape index (κ1) is 18.4. The van der Waals surface area contributed by atoms with E-state index in [9.17, 15) is 13.2 Å². The van der Waals surface area contributed by atoms with Gasteiger partial charge >= 0.3 is 0 Å². The van der Waals surface area contributed by atoms with Crippen LogP contribution in [0.15, 0.2) is 0 Å². The lowest BCUT2D eigenvalue weighted by Crippen LogP contribution is -2.46. The van der Waals surface area contributed by atoms with Crippen molar-refractivity contribution in [3.05, 3.63) is 0 Å². The molecule has 7 heteroatoms. The highest BCUT2D eigenvalue weighted by Gasteiger charge is 2.33. The number of rotatable bonds is 8. The molecule has 0 saturated carbocycles. The van der Waals surface area contributed by atoms with Crippen LogP contribution in [0, 0.1) is 5.92 Å². The summed E-state index contributed by atoms with van der Waals surface area (Å²) in [5.41, 5.74) is 0. The molecule has 0 spiro atoms. The molecule has 0 N–H and O–H groups in total. The molecule has 1 unspecified atom stereocenters. The van der Waals surface area contributed by atoms with Crippen molar-refractivity contribution in [2.75, 3.05) is 46.2 Å². The normalized spacial score (nSPS) is 20.4. The second-order valence-electron chi connectivity index (χ2n) is 5.62. The van der Waals surface area contributed by atoms with Crippen molar-refractivity contribution < 1.29 is 17.9 Å². The molecule has 0 radical (unpaired) electrons. The van der Waals surface area contributed by atoms with Crippen LogP contribution < -0.4 is 0 Å². The molecule has 1 atom stereocenters. The molecule has 0 aromatic rings. The maximum Gasteiger partial charge on any atom is 0.226 e. The van der Waals surface area contributed by atoms with Crippen LogP contribution in [0.4, 0.5) is 0 Å². The number of carbonyl (C=O) groups excluding carboxylic acids is 1. The quantitative estimate of drug-likeness (QED) is 0.667.